The quantitative estimate of drug-likeness (QED) is 0.644. The van der Waals surface area contributed by atoms with E-state index in [1.807, 2.05) is 67.7 Å². The van der Waals surface area contributed by atoms with Crippen LogP contribution in [0.4, 0.5) is 5.69 Å². The van der Waals surface area contributed by atoms with E-state index in [1.54, 1.807) is 0 Å². The van der Waals surface area contributed by atoms with Crippen LogP contribution in [0.1, 0.15) is 18.1 Å². The Morgan fingerprint density at radius 1 is 1.00 bits per heavy atom. The fraction of sp³-hybridized carbons (Fsp3) is 0.0625. The minimum atomic E-state index is 0.708. The third-order valence-corrected chi connectivity index (χ3v) is 2.89. The van der Waals surface area contributed by atoms with Crippen LogP contribution < -0.4 is 0 Å². The van der Waals surface area contributed by atoms with E-state index in [0.717, 1.165) is 21.8 Å². The molecule has 0 aliphatic rings. The molecule has 0 saturated heterocycles. The van der Waals surface area contributed by atoms with Crippen LogP contribution in [-0.4, -0.2) is 6.21 Å². The average molecular weight is 290 g/mol. The highest BCUT2D eigenvalue weighted by molar-refractivity contribution is 6.31. The number of rotatable bonds is 3. The molecule has 0 spiro atoms. The van der Waals surface area contributed by atoms with Crippen LogP contribution in [0.2, 0.25) is 5.02 Å². The molecule has 0 aliphatic heterocycles. The molecule has 0 aromatic heterocycles. The number of aliphatic imine (C=N–C) groups is 1. The van der Waals surface area contributed by atoms with Crippen LogP contribution >= 0.6 is 23.2 Å². The lowest BCUT2D eigenvalue weighted by Gasteiger charge is -2.00. The molecule has 19 heavy (non-hydrogen) atoms. The molecule has 1 nitrogen and oxygen atoms in total. The van der Waals surface area contributed by atoms with E-state index in [2.05, 4.69) is 4.99 Å². The summed E-state index contributed by atoms with van der Waals surface area (Å²) in [5, 5.41) is 1.45. The van der Waals surface area contributed by atoms with Crippen molar-refractivity contribution in [1.82, 2.24) is 0 Å². The van der Waals surface area contributed by atoms with Crippen molar-refractivity contribution in [3.63, 3.8) is 0 Å². The van der Waals surface area contributed by atoms with Crippen molar-refractivity contribution in [2.45, 2.75) is 6.92 Å². The van der Waals surface area contributed by atoms with E-state index in [9.17, 15) is 0 Å². The third-order valence-electron chi connectivity index (χ3n) is 2.53. The van der Waals surface area contributed by atoms with Crippen LogP contribution in [0, 0.1) is 0 Å². The minimum Gasteiger partial charge on any atom is -0.256 e. The molecule has 2 aromatic rings. The number of halogens is 2. The van der Waals surface area contributed by atoms with Gasteiger partial charge in [0.25, 0.3) is 0 Å². The lowest BCUT2D eigenvalue weighted by Crippen LogP contribution is -1.86. The van der Waals surface area contributed by atoms with Crippen LogP contribution in [0.25, 0.3) is 6.08 Å². The van der Waals surface area contributed by atoms with Crippen molar-refractivity contribution >= 4 is 41.2 Å². The number of benzene rings is 2. The summed E-state index contributed by atoms with van der Waals surface area (Å²) in [4.78, 5) is 4.43. The second-order valence-electron chi connectivity index (χ2n) is 4.09. The molecule has 0 unspecified atom stereocenters. The summed E-state index contributed by atoms with van der Waals surface area (Å²) in [7, 11) is 0. The van der Waals surface area contributed by atoms with E-state index in [4.69, 9.17) is 23.2 Å². The highest BCUT2D eigenvalue weighted by Gasteiger charge is 1.96. The number of hydrogen-bond donors (Lipinski definition) is 0. The molecule has 96 valence electrons. The Labute approximate surface area is 123 Å². The van der Waals surface area contributed by atoms with Gasteiger partial charge in [-0.25, -0.2) is 0 Å². The Morgan fingerprint density at radius 3 is 2.26 bits per heavy atom. The molecule has 0 amide bonds. The predicted molar refractivity (Wildman–Crippen MR) is 84.7 cm³/mol. The molecule has 0 saturated carbocycles. The van der Waals surface area contributed by atoms with Gasteiger partial charge in [0.05, 0.1) is 5.69 Å². The highest BCUT2D eigenvalue weighted by Crippen LogP contribution is 2.18. The Kier molecular flexibility index (Phi) is 4.78. The topological polar surface area (TPSA) is 12.4 Å². The Balaban J connectivity index is 2.28. The van der Waals surface area contributed by atoms with Crippen LogP contribution in [0.3, 0.4) is 0 Å². The Morgan fingerprint density at radius 2 is 1.63 bits per heavy atom. The molecule has 2 rings (SSSR count). The molecule has 0 atom stereocenters. The van der Waals surface area contributed by atoms with Gasteiger partial charge in [-0.2, -0.15) is 0 Å². The van der Waals surface area contributed by atoms with Crippen LogP contribution in [0.15, 0.2) is 58.6 Å². The zero-order valence-corrected chi connectivity index (χ0v) is 12.0. The molecule has 0 N–H and O–H groups in total. The molecule has 2 aromatic carbocycles. The fourth-order valence-corrected chi connectivity index (χ4v) is 1.89. The van der Waals surface area contributed by atoms with Crippen LogP contribution in [0.5, 0.6) is 0 Å². The lowest BCUT2D eigenvalue weighted by molar-refractivity contribution is 1.52. The number of nitrogens with zero attached hydrogens (tertiary/aromatic N) is 1. The van der Waals surface area contributed by atoms with Gasteiger partial charge in [-0.3, -0.25) is 4.99 Å². The van der Waals surface area contributed by atoms with Gasteiger partial charge in [0.2, 0.25) is 0 Å². The zero-order valence-electron chi connectivity index (χ0n) is 10.5. The first-order valence-electron chi connectivity index (χ1n) is 5.87. The monoisotopic (exact) mass is 289 g/mol. The standard InChI is InChI=1S/C16H13Cl2N/c1-12(17)10-13-4-2-3-5-14(13)11-19-16-8-6-15(18)7-9-16/h2-11H,1H3/b12-10-,19-11+. The minimum absolute atomic E-state index is 0.708. The first-order chi connectivity index (χ1) is 9.15. The molecule has 3 heteroatoms. The molecule has 0 bridgehead atoms. The van der Waals surface area contributed by atoms with E-state index in [-0.39, 0.29) is 0 Å². The first kappa shape index (κ1) is 13.9. The maximum atomic E-state index is 5.92. The van der Waals surface area contributed by atoms with E-state index in [0.29, 0.717) is 5.02 Å². The van der Waals surface area contributed by atoms with Crippen molar-refractivity contribution in [2.75, 3.05) is 0 Å². The number of hydrogen-bond acceptors (Lipinski definition) is 1. The van der Waals surface area contributed by atoms with Gasteiger partial charge in [-0.05, 0) is 48.4 Å². The Bertz CT molecular complexity index is 609. The van der Waals surface area contributed by atoms with Gasteiger partial charge >= 0.3 is 0 Å². The summed E-state index contributed by atoms with van der Waals surface area (Å²) in [6, 6.07) is 15.4. The van der Waals surface area contributed by atoms with Crippen molar-refractivity contribution in [3.8, 4) is 0 Å². The van der Waals surface area contributed by atoms with Crippen molar-refractivity contribution in [1.29, 1.82) is 0 Å². The smallest absolute Gasteiger partial charge is 0.0630 e. The van der Waals surface area contributed by atoms with Gasteiger partial charge < -0.3 is 0 Å². The maximum Gasteiger partial charge on any atom is 0.0630 e. The number of allylic oxidation sites excluding steroid dienone is 1. The highest BCUT2D eigenvalue weighted by atomic mass is 35.5. The van der Waals surface area contributed by atoms with E-state index >= 15 is 0 Å². The summed E-state index contributed by atoms with van der Waals surface area (Å²) in [6.07, 6.45) is 3.75. The zero-order chi connectivity index (χ0) is 13.7. The molecular weight excluding hydrogens is 277 g/mol. The summed E-state index contributed by atoms with van der Waals surface area (Å²) < 4.78 is 0. The fourth-order valence-electron chi connectivity index (χ4n) is 1.65. The lowest BCUT2D eigenvalue weighted by atomic mass is 10.1. The third kappa shape index (κ3) is 4.23. The molecule has 0 heterocycles. The molecule has 0 aliphatic carbocycles. The van der Waals surface area contributed by atoms with Crippen molar-refractivity contribution in [3.05, 3.63) is 69.7 Å². The summed E-state index contributed by atoms with van der Waals surface area (Å²) in [6.45, 7) is 1.86. The normalized spacial score (nSPS) is 12.1. The van der Waals surface area contributed by atoms with E-state index in [1.165, 1.54) is 0 Å². The van der Waals surface area contributed by atoms with Gasteiger partial charge in [0, 0.05) is 16.3 Å². The van der Waals surface area contributed by atoms with Gasteiger partial charge in [-0.15, -0.1) is 0 Å². The summed E-state index contributed by atoms with van der Waals surface area (Å²) >= 11 is 11.8. The maximum absolute atomic E-state index is 5.92. The van der Waals surface area contributed by atoms with Crippen molar-refractivity contribution < 1.29 is 0 Å². The second-order valence-corrected chi connectivity index (χ2v) is 5.13. The molecule has 0 radical (unpaired) electrons. The Hall–Kier alpha value is -1.57. The molecule has 0 fully saturated rings. The van der Waals surface area contributed by atoms with Crippen molar-refractivity contribution in [2.24, 2.45) is 4.99 Å². The predicted octanol–water partition coefficient (Wildman–Crippen LogP) is 5.69. The average Bonchev–Trinajstić information content (AvgIpc) is 2.39. The summed E-state index contributed by atoms with van der Waals surface area (Å²) in [5.74, 6) is 0. The summed E-state index contributed by atoms with van der Waals surface area (Å²) in [5.41, 5.74) is 2.94. The largest absolute Gasteiger partial charge is 0.256 e. The van der Waals surface area contributed by atoms with Gasteiger partial charge in [-0.1, -0.05) is 47.5 Å². The molecular formula is C16H13Cl2N. The van der Waals surface area contributed by atoms with Gasteiger partial charge in [0.1, 0.15) is 0 Å². The van der Waals surface area contributed by atoms with Crippen LogP contribution in [-0.2, 0) is 0 Å². The van der Waals surface area contributed by atoms with Gasteiger partial charge in [0.15, 0.2) is 0 Å². The second kappa shape index (κ2) is 6.55. The first-order valence-corrected chi connectivity index (χ1v) is 6.63. The van der Waals surface area contributed by atoms with E-state index < -0.39 is 0 Å². The SMILES string of the molecule is C/C(Cl)=C/c1ccccc1/C=N/c1ccc(Cl)cc1.